The van der Waals surface area contributed by atoms with E-state index in [4.69, 9.17) is 15.2 Å². The zero-order chi connectivity index (χ0) is 19.5. The van der Waals surface area contributed by atoms with E-state index in [1.165, 1.54) is 0 Å². The number of nitrogens with zero attached hydrogens (tertiary/aromatic N) is 1. The number of carbonyl (C=O) groups excluding carboxylic acids is 2. The predicted octanol–water partition coefficient (Wildman–Crippen LogP) is 3.27. The standard InChI is InChI=1S/C18H37N3O4/c1-17(2,3)24-15(22)20-12-8-10-14-21(13-9-7-11-19)16(23)25-18(4,5)6/h7-14,19H2,1-6H3,(H,20,22). The maximum Gasteiger partial charge on any atom is 0.410 e. The summed E-state index contributed by atoms with van der Waals surface area (Å²) in [5.41, 5.74) is 4.51. The van der Waals surface area contributed by atoms with Gasteiger partial charge in [-0.15, -0.1) is 0 Å². The van der Waals surface area contributed by atoms with Gasteiger partial charge >= 0.3 is 12.2 Å². The van der Waals surface area contributed by atoms with Crippen LogP contribution in [0.4, 0.5) is 9.59 Å². The summed E-state index contributed by atoms with van der Waals surface area (Å²) in [5, 5.41) is 2.72. The van der Waals surface area contributed by atoms with E-state index in [2.05, 4.69) is 5.32 Å². The smallest absolute Gasteiger partial charge is 0.410 e. The van der Waals surface area contributed by atoms with Crippen molar-refractivity contribution in [1.29, 1.82) is 0 Å². The average Bonchev–Trinajstić information content (AvgIpc) is 2.41. The molecule has 7 nitrogen and oxygen atoms in total. The van der Waals surface area contributed by atoms with Crippen LogP contribution in [0.2, 0.25) is 0 Å². The van der Waals surface area contributed by atoms with Crippen LogP contribution in [0.5, 0.6) is 0 Å². The predicted molar refractivity (Wildman–Crippen MR) is 99.6 cm³/mol. The first-order chi connectivity index (χ1) is 11.4. The zero-order valence-corrected chi connectivity index (χ0v) is 16.8. The Morgan fingerprint density at radius 1 is 0.880 bits per heavy atom. The second kappa shape index (κ2) is 11.2. The molecule has 0 aromatic rings. The van der Waals surface area contributed by atoms with Gasteiger partial charge in [-0.2, -0.15) is 0 Å². The lowest BCUT2D eigenvalue weighted by atomic mass is 10.2. The number of alkyl carbamates (subject to hydrolysis) is 1. The van der Waals surface area contributed by atoms with Crippen molar-refractivity contribution in [2.75, 3.05) is 26.2 Å². The Bertz CT molecular complexity index is 400. The number of nitrogens with one attached hydrogen (secondary N) is 1. The third kappa shape index (κ3) is 14.5. The first-order valence-corrected chi connectivity index (χ1v) is 9.09. The van der Waals surface area contributed by atoms with Crippen molar-refractivity contribution in [3.8, 4) is 0 Å². The molecule has 0 aliphatic rings. The molecule has 0 saturated heterocycles. The van der Waals surface area contributed by atoms with Crippen LogP contribution in [0.1, 0.15) is 67.2 Å². The van der Waals surface area contributed by atoms with Gasteiger partial charge in [0.2, 0.25) is 0 Å². The fourth-order valence-corrected chi connectivity index (χ4v) is 2.00. The molecule has 0 radical (unpaired) electrons. The summed E-state index contributed by atoms with van der Waals surface area (Å²) < 4.78 is 10.6. The molecule has 0 atom stereocenters. The topological polar surface area (TPSA) is 93.9 Å². The van der Waals surface area contributed by atoms with Crippen molar-refractivity contribution >= 4 is 12.2 Å². The normalized spacial score (nSPS) is 11.8. The van der Waals surface area contributed by atoms with Crippen molar-refractivity contribution < 1.29 is 19.1 Å². The van der Waals surface area contributed by atoms with Gasteiger partial charge < -0.3 is 25.4 Å². The highest BCUT2D eigenvalue weighted by atomic mass is 16.6. The van der Waals surface area contributed by atoms with Crippen molar-refractivity contribution in [2.45, 2.75) is 78.4 Å². The van der Waals surface area contributed by atoms with Crippen LogP contribution in [0, 0.1) is 0 Å². The molecular formula is C18H37N3O4. The van der Waals surface area contributed by atoms with Crippen molar-refractivity contribution in [1.82, 2.24) is 10.2 Å². The summed E-state index contributed by atoms with van der Waals surface area (Å²) in [7, 11) is 0. The van der Waals surface area contributed by atoms with Gasteiger partial charge in [0.25, 0.3) is 0 Å². The minimum atomic E-state index is -0.512. The van der Waals surface area contributed by atoms with Gasteiger partial charge in [0, 0.05) is 19.6 Å². The minimum absolute atomic E-state index is 0.301. The third-order valence-corrected chi connectivity index (χ3v) is 3.06. The molecule has 0 unspecified atom stereocenters. The van der Waals surface area contributed by atoms with Gasteiger partial charge in [0.05, 0.1) is 0 Å². The molecule has 0 aliphatic carbocycles. The zero-order valence-electron chi connectivity index (χ0n) is 16.8. The summed E-state index contributed by atoms with van der Waals surface area (Å²) in [5.74, 6) is 0. The van der Waals surface area contributed by atoms with Crippen molar-refractivity contribution in [3.63, 3.8) is 0 Å². The fraction of sp³-hybridized carbons (Fsp3) is 0.889. The Kier molecular flexibility index (Phi) is 10.5. The van der Waals surface area contributed by atoms with Gasteiger partial charge in [-0.3, -0.25) is 0 Å². The first-order valence-electron chi connectivity index (χ1n) is 9.09. The Hall–Kier alpha value is -1.50. The van der Waals surface area contributed by atoms with Crippen LogP contribution in [-0.4, -0.2) is 54.5 Å². The summed E-state index contributed by atoms with van der Waals surface area (Å²) in [6, 6.07) is 0. The molecule has 0 aromatic carbocycles. The van der Waals surface area contributed by atoms with Crippen LogP contribution in [0.15, 0.2) is 0 Å². The number of nitrogens with two attached hydrogens (primary N) is 1. The summed E-state index contributed by atoms with van der Waals surface area (Å²) >= 11 is 0. The number of carbonyl (C=O) groups is 2. The summed E-state index contributed by atoms with van der Waals surface area (Å²) in [4.78, 5) is 25.5. The second-order valence-corrected chi connectivity index (χ2v) is 8.10. The molecule has 148 valence electrons. The average molecular weight is 360 g/mol. The van der Waals surface area contributed by atoms with Gasteiger partial charge in [0.1, 0.15) is 11.2 Å². The van der Waals surface area contributed by atoms with Crippen LogP contribution in [0.25, 0.3) is 0 Å². The van der Waals surface area contributed by atoms with Gasteiger partial charge in [-0.1, -0.05) is 0 Å². The first kappa shape index (κ1) is 23.5. The highest BCUT2D eigenvalue weighted by molar-refractivity contribution is 5.68. The van der Waals surface area contributed by atoms with Gasteiger partial charge in [-0.05, 0) is 73.8 Å². The number of hydrogen-bond acceptors (Lipinski definition) is 5. The van der Waals surface area contributed by atoms with E-state index in [-0.39, 0.29) is 6.09 Å². The van der Waals surface area contributed by atoms with E-state index in [0.29, 0.717) is 26.2 Å². The highest BCUT2D eigenvalue weighted by Gasteiger charge is 2.21. The van der Waals surface area contributed by atoms with E-state index in [0.717, 1.165) is 25.7 Å². The largest absolute Gasteiger partial charge is 0.444 e. The number of ether oxygens (including phenoxy) is 2. The summed E-state index contributed by atoms with van der Waals surface area (Å²) in [6.07, 6.45) is 2.54. The molecule has 3 N–H and O–H groups in total. The Labute approximate surface area is 152 Å². The maximum absolute atomic E-state index is 12.3. The molecule has 2 amide bonds. The maximum atomic E-state index is 12.3. The van der Waals surface area contributed by atoms with Crippen LogP contribution < -0.4 is 11.1 Å². The Morgan fingerprint density at radius 3 is 1.88 bits per heavy atom. The molecule has 0 spiro atoms. The van der Waals surface area contributed by atoms with Gasteiger partial charge in [0.15, 0.2) is 0 Å². The molecule has 7 heteroatoms. The van der Waals surface area contributed by atoms with E-state index < -0.39 is 17.3 Å². The highest BCUT2D eigenvalue weighted by Crippen LogP contribution is 2.11. The lowest BCUT2D eigenvalue weighted by molar-refractivity contribution is 0.0242. The summed E-state index contributed by atoms with van der Waals surface area (Å²) in [6.45, 7) is 13.4. The van der Waals surface area contributed by atoms with Crippen molar-refractivity contribution in [3.05, 3.63) is 0 Å². The molecule has 0 aromatic heterocycles. The second-order valence-electron chi connectivity index (χ2n) is 8.10. The quantitative estimate of drug-likeness (QED) is 0.616. The molecule has 0 aliphatic heterocycles. The van der Waals surface area contributed by atoms with Crippen LogP contribution in [0.3, 0.4) is 0 Å². The Balaban J connectivity index is 4.20. The number of rotatable bonds is 9. The SMILES string of the molecule is CC(C)(C)OC(=O)NCCCCN(CCCCN)C(=O)OC(C)(C)C. The Morgan fingerprint density at radius 2 is 1.40 bits per heavy atom. The van der Waals surface area contributed by atoms with E-state index in [1.807, 2.05) is 41.5 Å². The monoisotopic (exact) mass is 359 g/mol. The molecule has 0 heterocycles. The fourth-order valence-electron chi connectivity index (χ4n) is 2.00. The third-order valence-electron chi connectivity index (χ3n) is 3.06. The molecule has 25 heavy (non-hydrogen) atoms. The number of hydrogen-bond donors (Lipinski definition) is 2. The van der Waals surface area contributed by atoms with Crippen LogP contribution in [-0.2, 0) is 9.47 Å². The van der Waals surface area contributed by atoms with Crippen molar-refractivity contribution in [2.24, 2.45) is 5.73 Å². The van der Waals surface area contributed by atoms with E-state index in [1.54, 1.807) is 4.90 Å². The molecule has 0 fully saturated rings. The minimum Gasteiger partial charge on any atom is -0.444 e. The lowest BCUT2D eigenvalue weighted by Crippen LogP contribution is -2.38. The molecule has 0 rings (SSSR count). The van der Waals surface area contributed by atoms with Crippen LogP contribution >= 0.6 is 0 Å². The molecule has 0 bridgehead atoms. The van der Waals surface area contributed by atoms with E-state index >= 15 is 0 Å². The lowest BCUT2D eigenvalue weighted by Gasteiger charge is -2.27. The molecular weight excluding hydrogens is 322 g/mol. The number of unbranched alkanes of at least 4 members (excludes halogenated alkanes) is 2. The van der Waals surface area contributed by atoms with Gasteiger partial charge in [-0.25, -0.2) is 9.59 Å². The molecule has 0 saturated carbocycles. The van der Waals surface area contributed by atoms with E-state index in [9.17, 15) is 9.59 Å². The number of amides is 2.